The third kappa shape index (κ3) is 5.81. The van der Waals surface area contributed by atoms with Crippen molar-refractivity contribution in [3.05, 3.63) is 81.9 Å². The number of likely N-dealkylation sites (N-methyl/N-ethyl adjacent to an activating group) is 1. The number of furan rings is 1. The zero-order chi connectivity index (χ0) is 19.1. The average molecular weight is 383 g/mol. The zero-order valence-corrected chi connectivity index (χ0v) is 16.7. The third-order valence-electron chi connectivity index (χ3n) is 4.55. The summed E-state index contributed by atoms with van der Waals surface area (Å²) < 4.78 is 5.48. The van der Waals surface area contributed by atoms with Gasteiger partial charge in [-0.15, -0.1) is 11.3 Å². The van der Waals surface area contributed by atoms with Crippen LogP contribution in [0.15, 0.2) is 64.6 Å². The van der Waals surface area contributed by atoms with Crippen LogP contribution in [-0.4, -0.2) is 29.3 Å². The normalized spacial score (nSPS) is 11.1. The fourth-order valence-corrected chi connectivity index (χ4v) is 3.71. The summed E-state index contributed by atoms with van der Waals surface area (Å²) in [6, 6.07) is 16.4. The lowest BCUT2D eigenvalue weighted by Gasteiger charge is -2.24. The molecule has 1 amide bonds. The fraction of sp³-hybridized carbons (Fsp3) is 0.318. The Bertz CT molecular complexity index is 774. The first kappa shape index (κ1) is 19.4. The monoisotopic (exact) mass is 382 g/mol. The van der Waals surface area contributed by atoms with E-state index in [1.54, 1.807) is 22.5 Å². The van der Waals surface area contributed by atoms with Crippen molar-refractivity contribution in [2.75, 3.05) is 13.6 Å². The van der Waals surface area contributed by atoms with Crippen molar-refractivity contribution in [1.29, 1.82) is 0 Å². The van der Waals surface area contributed by atoms with Gasteiger partial charge in [-0.1, -0.05) is 37.3 Å². The first-order valence-electron chi connectivity index (χ1n) is 9.23. The number of benzene rings is 1. The molecule has 0 aliphatic carbocycles. The fourth-order valence-electron chi connectivity index (χ4n) is 2.97. The van der Waals surface area contributed by atoms with Crippen LogP contribution in [0.3, 0.4) is 0 Å². The van der Waals surface area contributed by atoms with Crippen molar-refractivity contribution in [2.45, 2.75) is 33.0 Å². The Balaban J connectivity index is 1.61. The van der Waals surface area contributed by atoms with Crippen molar-refractivity contribution in [3.63, 3.8) is 0 Å². The van der Waals surface area contributed by atoms with E-state index in [2.05, 4.69) is 47.5 Å². The lowest BCUT2D eigenvalue weighted by molar-refractivity contribution is -0.132. The Hall–Kier alpha value is -2.37. The highest BCUT2D eigenvalue weighted by molar-refractivity contribution is 7.09. The first-order chi connectivity index (χ1) is 13.1. The number of hydrogen-bond donors (Lipinski definition) is 0. The molecule has 0 atom stereocenters. The van der Waals surface area contributed by atoms with Crippen molar-refractivity contribution in [2.24, 2.45) is 0 Å². The highest BCUT2D eigenvalue weighted by Gasteiger charge is 2.17. The van der Waals surface area contributed by atoms with Crippen molar-refractivity contribution < 1.29 is 9.21 Å². The first-order valence-corrected chi connectivity index (χ1v) is 10.1. The molecule has 0 aliphatic rings. The van der Waals surface area contributed by atoms with Gasteiger partial charge in [-0.05, 0) is 41.1 Å². The molecule has 0 unspecified atom stereocenters. The van der Waals surface area contributed by atoms with E-state index in [9.17, 15) is 4.79 Å². The molecule has 0 saturated carbocycles. The third-order valence-corrected chi connectivity index (χ3v) is 5.42. The Labute approximate surface area is 165 Å². The van der Waals surface area contributed by atoms with Gasteiger partial charge < -0.3 is 9.32 Å². The van der Waals surface area contributed by atoms with Crippen LogP contribution in [0.25, 0.3) is 0 Å². The summed E-state index contributed by atoms with van der Waals surface area (Å²) in [5.74, 6) is 0.981. The smallest absolute Gasteiger partial charge is 0.236 e. The summed E-state index contributed by atoms with van der Waals surface area (Å²) in [7, 11) is 1.87. The topological polar surface area (TPSA) is 36.7 Å². The number of rotatable bonds is 9. The van der Waals surface area contributed by atoms with E-state index in [-0.39, 0.29) is 5.91 Å². The minimum Gasteiger partial charge on any atom is -0.468 e. The molecule has 27 heavy (non-hydrogen) atoms. The number of thiophene rings is 1. The van der Waals surface area contributed by atoms with Gasteiger partial charge in [0, 0.05) is 25.0 Å². The van der Waals surface area contributed by atoms with Gasteiger partial charge in [0.05, 0.1) is 19.4 Å². The number of hydrogen-bond acceptors (Lipinski definition) is 4. The summed E-state index contributed by atoms with van der Waals surface area (Å²) >= 11 is 1.71. The molecule has 0 radical (unpaired) electrons. The Kier molecular flexibility index (Phi) is 6.85. The van der Waals surface area contributed by atoms with E-state index in [1.807, 2.05) is 25.2 Å². The van der Waals surface area contributed by atoms with E-state index in [4.69, 9.17) is 4.42 Å². The van der Waals surface area contributed by atoms with Gasteiger partial charge in [0.25, 0.3) is 0 Å². The summed E-state index contributed by atoms with van der Waals surface area (Å²) in [5, 5.41) is 2.06. The predicted molar refractivity (Wildman–Crippen MR) is 109 cm³/mol. The lowest BCUT2D eigenvalue weighted by Crippen LogP contribution is -2.37. The minimum absolute atomic E-state index is 0.109. The van der Waals surface area contributed by atoms with Crippen LogP contribution in [0, 0.1) is 0 Å². The second-order valence-electron chi connectivity index (χ2n) is 6.72. The Morgan fingerprint density at radius 1 is 1.00 bits per heavy atom. The molecule has 5 heteroatoms. The molecule has 0 N–H and O–H groups in total. The maximum atomic E-state index is 12.8. The summed E-state index contributed by atoms with van der Waals surface area (Å²) in [5.41, 5.74) is 2.46. The maximum absolute atomic E-state index is 12.8. The lowest BCUT2D eigenvalue weighted by atomic mass is 10.1. The molecule has 3 aromatic rings. The van der Waals surface area contributed by atoms with Crippen LogP contribution >= 0.6 is 11.3 Å². The molecule has 0 bridgehead atoms. The highest BCUT2D eigenvalue weighted by atomic mass is 32.1. The number of carbonyl (C=O) groups is 1. The minimum atomic E-state index is 0.109. The second-order valence-corrected chi connectivity index (χ2v) is 7.76. The van der Waals surface area contributed by atoms with Crippen LogP contribution in [0.4, 0.5) is 0 Å². The van der Waals surface area contributed by atoms with E-state index < -0.39 is 0 Å². The average Bonchev–Trinajstić information content (AvgIpc) is 3.36. The molecule has 2 heterocycles. The van der Waals surface area contributed by atoms with E-state index in [1.165, 1.54) is 10.4 Å². The summed E-state index contributed by atoms with van der Waals surface area (Å²) in [6.45, 7) is 4.49. The molecule has 4 nitrogen and oxygen atoms in total. The predicted octanol–water partition coefficient (Wildman–Crippen LogP) is 4.56. The van der Waals surface area contributed by atoms with Crippen LogP contribution in [0.5, 0.6) is 0 Å². The standard InChI is InChI=1S/C22H26N2O2S/c1-3-18-8-10-19(11-9-18)14-23(2)22(25)17-24(15-20-6-4-12-26-20)16-21-7-5-13-27-21/h4-13H,3,14-17H2,1-2H3. The van der Waals surface area contributed by atoms with Gasteiger partial charge in [0.1, 0.15) is 5.76 Å². The molecular weight excluding hydrogens is 356 g/mol. The van der Waals surface area contributed by atoms with Crippen molar-refractivity contribution in [1.82, 2.24) is 9.80 Å². The molecule has 1 aromatic carbocycles. The molecule has 3 rings (SSSR count). The molecule has 0 spiro atoms. The van der Waals surface area contributed by atoms with Crippen molar-refractivity contribution in [3.8, 4) is 0 Å². The number of aryl methyl sites for hydroxylation is 1. The van der Waals surface area contributed by atoms with E-state index >= 15 is 0 Å². The van der Waals surface area contributed by atoms with Gasteiger partial charge in [-0.2, -0.15) is 0 Å². The maximum Gasteiger partial charge on any atom is 0.236 e. The molecule has 0 aliphatic heterocycles. The Morgan fingerprint density at radius 3 is 2.41 bits per heavy atom. The van der Waals surface area contributed by atoms with Gasteiger partial charge in [0.2, 0.25) is 5.91 Å². The number of nitrogens with zero attached hydrogens (tertiary/aromatic N) is 2. The van der Waals surface area contributed by atoms with Gasteiger partial charge >= 0.3 is 0 Å². The molecule has 0 saturated heterocycles. The van der Waals surface area contributed by atoms with Gasteiger partial charge in [-0.25, -0.2) is 0 Å². The second kappa shape index (κ2) is 9.53. The van der Waals surface area contributed by atoms with Crippen LogP contribution in [0.1, 0.15) is 28.7 Å². The van der Waals surface area contributed by atoms with E-state index in [0.29, 0.717) is 19.6 Å². The summed E-state index contributed by atoms with van der Waals surface area (Å²) in [4.78, 5) is 18.0. The highest BCUT2D eigenvalue weighted by Crippen LogP contribution is 2.15. The van der Waals surface area contributed by atoms with Crippen molar-refractivity contribution >= 4 is 17.2 Å². The Morgan fingerprint density at radius 2 is 1.78 bits per heavy atom. The number of amides is 1. The van der Waals surface area contributed by atoms with Crippen LogP contribution < -0.4 is 0 Å². The number of carbonyl (C=O) groups excluding carboxylic acids is 1. The van der Waals surface area contributed by atoms with E-state index in [0.717, 1.165) is 24.3 Å². The molecule has 142 valence electrons. The molecule has 2 aromatic heterocycles. The summed E-state index contributed by atoms with van der Waals surface area (Å²) in [6.07, 6.45) is 2.70. The molecule has 0 fully saturated rings. The van der Waals surface area contributed by atoms with Crippen LogP contribution in [-0.2, 0) is 30.8 Å². The van der Waals surface area contributed by atoms with Crippen LogP contribution in [0.2, 0.25) is 0 Å². The SMILES string of the molecule is CCc1ccc(CN(C)C(=O)CN(Cc2ccco2)Cc2cccs2)cc1. The largest absolute Gasteiger partial charge is 0.468 e. The molecular formula is C22H26N2O2S. The van der Waals surface area contributed by atoms with Gasteiger partial charge in [0.15, 0.2) is 0 Å². The zero-order valence-electron chi connectivity index (χ0n) is 15.9. The van der Waals surface area contributed by atoms with Gasteiger partial charge in [-0.3, -0.25) is 9.69 Å². The quantitative estimate of drug-likeness (QED) is 0.544.